The van der Waals surface area contributed by atoms with Crippen LogP contribution in [0.25, 0.3) is 0 Å². The zero-order valence-corrected chi connectivity index (χ0v) is 11.2. The van der Waals surface area contributed by atoms with Crippen LogP contribution in [0.2, 0.25) is 0 Å². The SMILES string of the molecule is COCCOCC(=O)N1CC(C)C(C(=O)OC)C1. The molecule has 0 radical (unpaired) electrons. The van der Waals surface area contributed by atoms with Gasteiger partial charge in [0.25, 0.3) is 0 Å². The molecule has 1 heterocycles. The summed E-state index contributed by atoms with van der Waals surface area (Å²) in [5.41, 5.74) is 0. The minimum Gasteiger partial charge on any atom is -0.469 e. The molecule has 0 spiro atoms. The van der Waals surface area contributed by atoms with Crippen molar-refractivity contribution in [1.82, 2.24) is 4.90 Å². The average molecular weight is 259 g/mol. The Morgan fingerprint density at radius 2 is 1.94 bits per heavy atom. The van der Waals surface area contributed by atoms with Crippen LogP contribution in [-0.2, 0) is 23.8 Å². The van der Waals surface area contributed by atoms with Gasteiger partial charge in [0.05, 0.1) is 26.2 Å². The van der Waals surface area contributed by atoms with Crippen molar-refractivity contribution in [1.29, 1.82) is 0 Å². The molecule has 1 fully saturated rings. The highest BCUT2D eigenvalue weighted by Crippen LogP contribution is 2.23. The summed E-state index contributed by atoms with van der Waals surface area (Å²) in [5, 5.41) is 0. The number of amides is 1. The van der Waals surface area contributed by atoms with Gasteiger partial charge in [0.2, 0.25) is 5.91 Å². The smallest absolute Gasteiger partial charge is 0.310 e. The van der Waals surface area contributed by atoms with Gasteiger partial charge in [-0.1, -0.05) is 6.92 Å². The van der Waals surface area contributed by atoms with E-state index in [4.69, 9.17) is 14.2 Å². The zero-order chi connectivity index (χ0) is 13.5. The highest BCUT2D eigenvalue weighted by atomic mass is 16.5. The van der Waals surface area contributed by atoms with E-state index in [-0.39, 0.29) is 30.3 Å². The fraction of sp³-hybridized carbons (Fsp3) is 0.833. The van der Waals surface area contributed by atoms with E-state index in [2.05, 4.69) is 0 Å². The van der Waals surface area contributed by atoms with E-state index >= 15 is 0 Å². The van der Waals surface area contributed by atoms with Gasteiger partial charge in [-0.15, -0.1) is 0 Å². The minimum atomic E-state index is -0.252. The molecule has 0 aromatic heterocycles. The predicted molar refractivity (Wildman–Crippen MR) is 63.9 cm³/mol. The van der Waals surface area contributed by atoms with E-state index in [9.17, 15) is 9.59 Å². The van der Waals surface area contributed by atoms with Gasteiger partial charge in [0, 0.05) is 20.2 Å². The molecule has 18 heavy (non-hydrogen) atoms. The van der Waals surface area contributed by atoms with Crippen LogP contribution >= 0.6 is 0 Å². The summed E-state index contributed by atoms with van der Waals surface area (Å²) in [6.07, 6.45) is 0. The van der Waals surface area contributed by atoms with Crippen LogP contribution in [0.4, 0.5) is 0 Å². The second-order valence-electron chi connectivity index (χ2n) is 4.45. The van der Waals surface area contributed by atoms with Crippen LogP contribution in [0.5, 0.6) is 0 Å². The zero-order valence-electron chi connectivity index (χ0n) is 11.2. The Labute approximate surface area is 107 Å². The van der Waals surface area contributed by atoms with Crippen LogP contribution in [0.1, 0.15) is 6.92 Å². The van der Waals surface area contributed by atoms with Crippen molar-refractivity contribution in [2.75, 3.05) is 47.1 Å². The third-order valence-electron chi connectivity index (χ3n) is 3.13. The molecule has 1 saturated heterocycles. The van der Waals surface area contributed by atoms with Crippen molar-refractivity contribution >= 4 is 11.9 Å². The number of hydrogen-bond donors (Lipinski definition) is 0. The first-order valence-electron chi connectivity index (χ1n) is 6.02. The van der Waals surface area contributed by atoms with Crippen molar-refractivity contribution in [3.05, 3.63) is 0 Å². The maximum atomic E-state index is 11.8. The van der Waals surface area contributed by atoms with E-state index < -0.39 is 0 Å². The van der Waals surface area contributed by atoms with Crippen LogP contribution in [0.15, 0.2) is 0 Å². The number of carbonyl (C=O) groups excluding carboxylic acids is 2. The molecular weight excluding hydrogens is 238 g/mol. The summed E-state index contributed by atoms with van der Waals surface area (Å²) >= 11 is 0. The summed E-state index contributed by atoms with van der Waals surface area (Å²) < 4.78 is 14.7. The first kappa shape index (κ1) is 14.9. The Bertz CT molecular complexity index is 294. The number of esters is 1. The van der Waals surface area contributed by atoms with Gasteiger partial charge in [0.1, 0.15) is 6.61 Å². The Balaban J connectivity index is 2.35. The van der Waals surface area contributed by atoms with Gasteiger partial charge in [-0.2, -0.15) is 0 Å². The van der Waals surface area contributed by atoms with Crippen molar-refractivity contribution in [3.63, 3.8) is 0 Å². The predicted octanol–water partition coefficient (Wildman–Crippen LogP) is -0.0831. The molecule has 6 heteroatoms. The van der Waals surface area contributed by atoms with Crippen LogP contribution in [0, 0.1) is 11.8 Å². The lowest BCUT2D eigenvalue weighted by Gasteiger charge is -2.15. The molecule has 0 bridgehead atoms. The number of nitrogens with zero attached hydrogens (tertiary/aromatic N) is 1. The molecule has 0 saturated carbocycles. The molecule has 6 nitrogen and oxygen atoms in total. The van der Waals surface area contributed by atoms with Crippen LogP contribution < -0.4 is 0 Å². The first-order valence-corrected chi connectivity index (χ1v) is 6.02. The molecule has 1 aliphatic rings. The molecule has 104 valence electrons. The van der Waals surface area contributed by atoms with E-state index in [1.54, 1.807) is 12.0 Å². The van der Waals surface area contributed by atoms with Gasteiger partial charge in [-0.3, -0.25) is 9.59 Å². The second kappa shape index (κ2) is 7.33. The topological polar surface area (TPSA) is 65.1 Å². The Morgan fingerprint density at radius 1 is 1.22 bits per heavy atom. The lowest BCUT2D eigenvalue weighted by atomic mass is 9.99. The number of likely N-dealkylation sites (tertiary alicyclic amines) is 1. The van der Waals surface area contributed by atoms with E-state index in [1.165, 1.54) is 7.11 Å². The number of methoxy groups -OCH3 is 2. The number of ether oxygens (including phenoxy) is 3. The maximum Gasteiger partial charge on any atom is 0.310 e. The van der Waals surface area contributed by atoms with E-state index in [0.717, 1.165) is 0 Å². The van der Waals surface area contributed by atoms with Gasteiger partial charge in [0.15, 0.2) is 0 Å². The summed E-state index contributed by atoms with van der Waals surface area (Å²) in [7, 11) is 2.95. The lowest BCUT2D eigenvalue weighted by molar-refractivity contribution is -0.146. The molecule has 0 aliphatic carbocycles. The molecule has 0 aromatic carbocycles. The fourth-order valence-corrected chi connectivity index (χ4v) is 2.02. The summed E-state index contributed by atoms with van der Waals surface area (Å²) in [4.78, 5) is 25.0. The third-order valence-corrected chi connectivity index (χ3v) is 3.13. The highest BCUT2D eigenvalue weighted by Gasteiger charge is 2.37. The van der Waals surface area contributed by atoms with E-state index in [0.29, 0.717) is 26.3 Å². The molecule has 2 unspecified atom stereocenters. The largest absolute Gasteiger partial charge is 0.469 e. The Hall–Kier alpha value is -1.14. The molecule has 1 aliphatic heterocycles. The fourth-order valence-electron chi connectivity index (χ4n) is 2.02. The molecule has 1 amide bonds. The number of carbonyl (C=O) groups is 2. The third kappa shape index (κ3) is 3.96. The minimum absolute atomic E-state index is 0.0317. The molecule has 1 rings (SSSR count). The van der Waals surface area contributed by atoms with Crippen molar-refractivity contribution in [3.8, 4) is 0 Å². The van der Waals surface area contributed by atoms with Crippen molar-refractivity contribution < 1.29 is 23.8 Å². The quantitative estimate of drug-likeness (QED) is 0.493. The lowest BCUT2D eigenvalue weighted by Crippen LogP contribution is -2.33. The molecule has 2 atom stereocenters. The normalized spacial score (nSPS) is 23.2. The van der Waals surface area contributed by atoms with Crippen molar-refractivity contribution in [2.24, 2.45) is 11.8 Å². The highest BCUT2D eigenvalue weighted by molar-refractivity contribution is 5.80. The standard InChI is InChI=1S/C12H21NO5/c1-9-6-13(7-10(9)12(15)17-3)11(14)8-18-5-4-16-2/h9-10H,4-8H2,1-3H3. The van der Waals surface area contributed by atoms with Crippen molar-refractivity contribution in [2.45, 2.75) is 6.92 Å². The summed E-state index contributed by atoms with van der Waals surface area (Å²) in [6.45, 7) is 3.83. The molecular formula is C12H21NO5. The van der Waals surface area contributed by atoms with E-state index in [1.807, 2.05) is 6.92 Å². The second-order valence-corrected chi connectivity index (χ2v) is 4.45. The molecule has 0 N–H and O–H groups in total. The van der Waals surface area contributed by atoms with Gasteiger partial charge in [-0.25, -0.2) is 0 Å². The number of rotatable bonds is 6. The monoisotopic (exact) mass is 259 g/mol. The van der Waals surface area contributed by atoms with Crippen LogP contribution in [-0.4, -0.2) is 63.9 Å². The average Bonchev–Trinajstić information content (AvgIpc) is 2.75. The maximum absolute atomic E-state index is 11.8. The first-order chi connectivity index (χ1) is 8.60. The Kier molecular flexibility index (Phi) is 6.07. The van der Waals surface area contributed by atoms with Gasteiger partial charge in [-0.05, 0) is 5.92 Å². The van der Waals surface area contributed by atoms with Gasteiger partial charge >= 0.3 is 5.97 Å². The van der Waals surface area contributed by atoms with Crippen LogP contribution in [0.3, 0.4) is 0 Å². The summed E-state index contributed by atoms with van der Waals surface area (Å²) in [5.74, 6) is -0.444. The summed E-state index contributed by atoms with van der Waals surface area (Å²) in [6, 6.07) is 0. The van der Waals surface area contributed by atoms with Gasteiger partial charge < -0.3 is 19.1 Å². The Morgan fingerprint density at radius 3 is 2.56 bits per heavy atom. The number of hydrogen-bond acceptors (Lipinski definition) is 5. The molecule has 0 aromatic rings.